The number of ether oxygens (including phenoxy) is 1. The van der Waals surface area contributed by atoms with E-state index in [9.17, 15) is 4.79 Å². The molecule has 24 heavy (non-hydrogen) atoms. The first kappa shape index (κ1) is 16.3. The maximum atomic E-state index is 12.0. The topological polar surface area (TPSA) is 101 Å². The molecule has 0 bridgehead atoms. The molecule has 128 valence electrons. The van der Waals surface area contributed by atoms with Gasteiger partial charge in [-0.15, -0.1) is 0 Å². The SMILES string of the molecule is CCc1nc(-c2ccc3c(c2)OC[C@H]3NC(=O)N(C)CCO)no1. The zero-order chi connectivity index (χ0) is 17.1. The van der Waals surface area contributed by atoms with Crippen LogP contribution in [-0.4, -0.2) is 53.0 Å². The molecule has 1 aliphatic rings. The van der Waals surface area contributed by atoms with Crippen molar-refractivity contribution in [3.8, 4) is 17.1 Å². The summed E-state index contributed by atoms with van der Waals surface area (Å²) in [6, 6.07) is 5.16. The molecule has 0 fully saturated rings. The van der Waals surface area contributed by atoms with Crippen LogP contribution in [0.2, 0.25) is 0 Å². The number of aliphatic hydroxyl groups is 1. The second-order valence-electron chi connectivity index (χ2n) is 5.58. The van der Waals surface area contributed by atoms with Crippen molar-refractivity contribution in [1.29, 1.82) is 0 Å². The molecule has 1 aromatic carbocycles. The zero-order valence-corrected chi connectivity index (χ0v) is 13.7. The smallest absolute Gasteiger partial charge is 0.317 e. The van der Waals surface area contributed by atoms with Gasteiger partial charge in [-0.1, -0.05) is 24.2 Å². The second kappa shape index (κ2) is 6.88. The number of urea groups is 1. The number of nitrogens with zero attached hydrogens (tertiary/aromatic N) is 3. The Balaban J connectivity index is 1.74. The molecule has 1 aliphatic heterocycles. The van der Waals surface area contributed by atoms with Crippen LogP contribution in [0, 0.1) is 0 Å². The third-order valence-electron chi connectivity index (χ3n) is 3.90. The van der Waals surface area contributed by atoms with Crippen molar-refractivity contribution in [2.75, 3.05) is 26.8 Å². The molecule has 1 atom stereocenters. The molecule has 8 nitrogen and oxygen atoms in total. The second-order valence-corrected chi connectivity index (χ2v) is 5.58. The summed E-state index contributed by atoms with van der Waals surface area (Å²) < 4.78 is 10.8. The van der Waals surface area contributed by atoms with Crippen LogP contribution >= 0.6 is 0 Å². The maximum absolute atomic E-state index is 12.0. The van der Waals surface area contributed by atoms with Gasteiger partial charge >= 0.3 is 6.03 Å². The number of aromatic nitrogens is 2. The normalized spacial score (nSPS) is 15.7. The molecule has 2 aromatic rings. The van der Waals surface area contributed by atoms with Crippen LogP contribution in [-0.2, 0) is 6.42 Å². The first-order valence-electron chi connectivity index (χ1n) is 7.84. The monoisotopic (exact) mass is 332 g/mol. The molecule has 3 rings (SSSR count). The Morgan fingerprint density at radius 3 is 3.04 bits per heavy atom. The average molecular weight is 332 g/mol. The van der Waals surface area contributed by atoms with Crippen LogP contribution in [0.1, 0.15) is 24.4 Å². The van der Waals surface area contributed by atoms with Gasteiger partial charge in [0, 0.05) is 31.1 Å². The molecule has 0 radical (unpaired) electrons. The van der Waals surface area contributed by atoms with Crippen molar-refractivity contribution in [1.82, 2.24) is 20.4 Å². The van der Waals surface area contributed by atoms with Crippen molar-refractivity contribution in [2.24, 2.45) is 0 Å². The Kier molecular flexibility index (Phi) is 4.66. The van der Waals surface area contributed by atoms with Crippen molar-refractivity contribution in [2.45, 2.75) is 19.4 Å². The van der Waals surface area contributed by atoms with E-state index in [0.717, 1.165) is 11.1 Å². The molecule has 0 saturated carbocycles. The number of likely N-dealkylation sites (N-methyl/N-ethyl adjacent to an activating group) is 1. The summed E-state index contributed by atoms with van der Waals surface area (Å²) in [7, 11) is 1.63. The third-order valence-corrected chi connectivity index (χ3v) is 3.90. The summed E-state index contributed by atoms with van der Waals surface area (Å²) in [4.78, 5) is 17.8. The summed E-state index contributed by atoms with van der Waals surface area (Å²) >= 11 is 0. The van der Waals surface area contributed by atoms with Gasteiger partial charge in [0.15, 0.2) is 0 Å². The van der Waals surface area contributed by atoms with Crippen molar-refractivity contribution >= 4 is 6.03 Å². The minimum absolute atomic E-state index is 0.0739. The van der Waals surface area contributed by atoms with E-state index >= 15 is 0 Å². The van der Waals surface area contributed by atoms with Crippen LogP contribution < -0.4 is 10.1 Å². The van der Waals surface area contributed by atoms with Crippen LogP contribution in [0.3, 0.4) is 0 Å². The summed E-state index contributed by atoms with van der Waals surface area (Å²) in [6.45, 7) is 2.52. The molecule has 2 heterocycles. The Morgan fingerprint density at radius 1 is 1.50 bits per heavy atom. The lowest BCUT2D eigenvalue weighted by molar-refractivity contribution is 0.184. The predicted octanol–water partition coefficient (Wildman–Crippen LogP) is 1.37. The quantitative estimate of drug-likeness (QED) is 0.857. The van der Waals surface area contributed by atoms with Gasteiger partial charge in [-0.05, 0) is 6.07 Å². The van der Waals surface area contributed by atoms with E-state index in [0.29, 0.717) is 30.5 Å². The lowest BCUT2D eigenvalue weighted by Crippen LogP contribution is -2.41. The van der Waals surface area contributed by atoms with E-state index in [1.54, 1.807) is 7.05 Å². The Bertz CT molecular complexity index is 731. The highest BCUT2D eigenvalue weighted by Crippen LogP contribution is 2.35. The number of aliphatic hydroxyl groups excluding tert-OH is 1. The van der Waals surface area contributed by atoms with E-state index in [-0.39, 0.29) is 25.2 Å². The summed E-state index contributed by atoms with van der Waals surface area (Å²) in [5.74, 6) is 1.81. The van der Waals surface area contributed by atoms with Gasteiger partial charge in [0.1, 0.15) is 12.4 Å². The van der Waals surface area contributed by atoms with E-state index < -0.39 is 0 Å². The molecule has 2 amide bonds. The van der Waals surface area contributed by atoms with Gasteiger partial charge in [0.05, 0.1) is 12.6 Å². The van der Waals surface area contributed by atoms with Crippen molar-refractivity contribution in [3.63, 3.8) is 0 Å². The van der Waals surface area contributed by atoms with Gasteiger partial charge < -0.3 is 24.6 Å². The average Bonchev–Trinajstić information content (AvgIpc) is 3.21. The highest BCUT2D eigenvalue weighted by Gasteiger charge is 2.27. The third kappa shape index (κ3) is 3.18. The number of carbonyl (C=O) groups is 1. The number of amides is 2. The lowest BCUT2D eigenvalue weighted by Gasteiger charge is -2.19. The molecule has 0 saturated heterocycles. The molecule has 1 aromatic heterocycles. The summed E-state index contributed by atoms with van der Waals surface area (Å²) in [5.41, 5.74) is 1.71. The van der Waals surface area contributed by atoms with Gasteiger partial charge in [0.25, 0.3) is 0 Å². The van der Waals surface area contributed by atoms with Gasteiger partial charge in [-0.25, -0.2) is 4.79 Å². The number of hydrogen-bond donors (Lipinski definition) is 2. The lowest BCUT2D eigenvalue weighted by atomic mass is 10.1. The molecular weight excluding hydrogens is 312 g/mol. The predicted molar refractivity (Wildman–Crippen MR) is 85.6 cm³/mol. The van der Waals surface area contributed by atoms with Crippen LogP contribution in [0.4, 0.5) is 4.79 Å². The fourth-order valence-corrected chi connectivity index (χ4v) is 2.50. The Hall–Kier alpha value is -2.61. The number of aryl methyl sites for hydroxylation is 1. The Morgan fingerprint density at radius 2 is 2.33 bits per heavy atom. The van der Waals surface area contributed by atoms with Crippen LogP contribution in [0.5, 0.6) is 5.75 Å². The molecule has 0 aliphatic carbocycles. The standard InChI is InChI=1S/C16H20N4O4/c1-3-14-18-15(19-24-14)10-4-5-11-12(9-23-13(11)8-10)17-16(22)20(2)6-7-21/h4-5,8,12,21H,3,6-7,9H2,1-2H3,(H,17,22)/t12-/m1/s1. The van der Waals surface area contributed by atoms with E-state index in [1.165, 1.54) is 4.90 Å². The minimum Gasteiger partial charge on any atom is -0.491 e. The van der Waals surface area contributed by atoms with E-state index in [2.05, 4.69) is 15.5 Å². The molecule has 0 unspecified atom stereocenters. The van der Waals surface area contributed by atoms with Gasteiger partial charge in [-0.2, -0.15) is 4.98 Å². The molecule has 2 N–H and O–H groups in total. The number of nitrogens with one attached hydrogen (secondary N) is 1. The zero-order valence-electron chi connectivity index (χ0n) is 13.7. The maximum Gasteiger partial charge on any atom is 0.317 e. The first-order valence-corrected chi connectivity index (χ1v) is 7.84. The number of rotatable bonds is 5. The number of hydrogen-bond acceptors (Lipinski definition) is 6. The minimum atomic E-state index is -0.250. The highest BCUT2D eigenvalue weighted by molar-refractivity contribution is 5.75. The van der Waals surface area contributed by atoms with Crippen LogP contribution in [0.15, 0.2) is 22.7 Å². The van der Waals surface area contributed by atoms with Crippen molar-refractivity contribution in [3.05, 3.63) is 29.7 Å². The molecular formula is C16H20N4O4. The Labute approximate surface area is 139 Å². The summed E-state index contributed by atoms with van der Waals surface area (Å²) in [5, 5.41) is 15.7. The van der Waals surface area contributed by atoms with Crippen molar-refractivity contribution < 1.29 is 19.2 Å². The largest absolute Gasteiger partial charge is 0.491 e. The number of benzene rings is 1. The molecule has 8 heteroatoms. The summed E-state index contributed by atoms with van der Waals surface area (Å²) in [6.07, 6.45) is 0.684. The van der Waals surface area contributed by atoms with E-state index in [4.69, 9.17) is 14.4 Å². The van der Waals surface area contributed by atoms with Crippen LogP contribution in [0.25, 0.3) is 11.4 Å². The highest BCUT2D eigenvalue weighted by atomic mass is 16.5. The van der Waals surface area contributed by atoms with Gasteiger partial charge in [0.2, 0.25) is 11.7 Å². The number of fused-ring (bicyclic) bond motifs is 1. The number of carbonyl (C=O) groups excluding carboxylic acids is 1. The fourth-order valence-electron chi connectivity index (χ4n) is 2.50. The van der Waals surface area contributed by atoms with E-state index in [1.807, 2.05) is 25.1 Å². The fraction of sp³-hybridized carbons (Fsp3) is 0.438. The van der Waals surface area contributed by atoms with Gasteiger partial charge in [-0.3, -0.25) is 0 Å². The molecule has 0 spiro atoms. The first-order chi connectivity index (χ1) is 11.6.